The summed E-state index contributed by atoms with van der Waals surface area (Å²) in [7, 11) is 0. The zero-order valence-corrected chi connectivity index (χ0v) is 11.5. The zero-order chi connectivity index (χ0) is 14.7. The molecule has 0 radical (unpaired) electrons. The van der Waals surface area contributed by atoms with Crippen LogP contribution in [0, 0.1) is 0 Å². The van der Waals surface area contributed by atoms with Gasteiger partial charge in [0.1, 0.15) is 11.4 Å². The molecule has 0 unspecified atom stereocenters. The van der Waals surface area contributed by atoms with Gasteiger partial charge in [-0.1, -0.05) is 29.8 Å². The molecule has 0 saturated carbocycles. The number of hydrogen-bond acceptors (Lipinski definition) is 4. The molecule has 3 aromatic rings. The summed E-state index contributed by atoms with van der Waals surface area (Å²) in [4.78, 5) is 16.0. The van der Waals surface area contributed by atoms with Crippen LogP contribution in [0.2, 0.25) is 5.02 Å². The van der Waals surface area contributed by atoms with Gasteiger partial charge in [0, 0.05) is 6.20 Å². The number of nitrogens with zero attached hydrogens (tertiary/aromatic N) is 3. The number of aromatic amines is 2. The Hall–Kier alpha value is -2.73. The molecule has 0 aliphatic carbocycles. The van der Waals surface area contributed by atoms with Crippen LogP contribution < -0.4 is 5.56 Å². The second-order valence-corrected chi connectivity index (χ2v) is 4.58. The Morgan fingerprint density at radius 1 is 1.00 bits per heavy atom. The molecule has 0 spiro atoms. The lowest BCUT2D eigenvalue weighted by Gasteiger charge is -1.97. The van der Waals surface area contributed by atoms with Crippen LogP contribution in [0.15, 0.2) is 63.7 Å². The Morgan fingerprint density at radius 3 is 2.57 bits per heavy atom. The molecule has 104 valence electrons. The highest BCUT2D eigenvalue weighted by Gasteiger charge is 2.12. The molecule has 2 heterocycles. The maximum Gasteiger partial charge on any atom is 0.292 e. The van der Waals surface area contributed by atoms with Crippen LogP contribution >= 0.6 is 11.6 Å². The molecule has 2 N–H and O–H groups in total. The van der Waals surface area contributed by atoms with Gasteiger partial charge in [0.2, 0.25) is 0 Å². The van der Waals surface area contributed by atoms with E-state index in [9.17, 15) is 4.79 Å². The van der Waals surface area contributed by atoms with Gasteiger partial charge in [-0.3, -0.25) is 20.0 Å². The van der Waals surface area contributed by atoms with Crippen LogP contribution in [0.3, 0.4) is 0 Å². The number of rotatable bonds is 3. The van der Waals surface area contributed by atoms with Crippen LogP contribution in [0.25, 0.3) is 11.4 Å². The zero-order valence-electron chi connectivity index (χ0n) is 10.7. The summed E-state index contributed by atoms with van der Waals surface area (Å²) in [5, 5.41) is 13.7. The van der Waals surface area contributed by atoms with E-state index in [-0.39, 0.29) is 11.2 Å². The van der Waals surface area contributed by atoms with Crippen molar-refractivity contribution in [2.24, 2.45) is 10.2 Å². The van der Waals surface area contributed by atoms with Crippen molar-refractivity contribution in [1.82, 2.24) is 15.2 Å². The van der Waals surface area contributed by atoms with Gasteiger partial charge >= 0.3 is 0 Å². The van der Waals surface area contributed by atoms with Gasteiger partial charge in [0.05, 0.1) is 10.7 Å². The molecule has 21 heavy (non-hydrogen) atoms. The molecule has 0 aliphatic rings. The molecular weight excluding hydrogens is 290 g/mol. The molecular formula is C14H10ClN5O. The fourth-order valence-electron chi connectivity index (χ4n) is 1.78. The van der Waals surface area contributed by atoms with Crippen molar-refractivity contribution in [1.29, 1.82) is 0 Å². The van der Waals surface area contributed by atoms with E-state index in [0.29, 0.717) is 22.1 Å². The summed E-state index contributed by atoms with van der Waals surface area (Å²) in [5.41, 5.74) is 1.37. The topological polar surface area (TPSA) is 86.3 Å². The first kappa shape index (κ1) is 13.3. The van der Waals surface area contributed by atoms with Crippen LogP contribution in [-0.2, 0) is 0 Å². The van der Waals surface area contributed by atoms with Crippen molar-refractivity contribution in [2.75, 3.05) is 0 Å². The maximum atomic E-state index is 11.8. The third kappa shape index (κ3) is 2.75. The summed E-state index contributed by atoms with van der Waals surface area (Å²) in [6.45, 7) is 0. The van der Waals surface area contributed by atoms with Crippen LogP contribution in [0.1, 0.15) is 0 Å². The molecule has 1 aromatic carbocycles. The van der Waals surface area contributed by atoms with E-state index < -0.39 is 0 Å². The van der Waals surface area contributed by atoms with Crippen molar-refractivity contribution >= 4 is 23.0 Å². The number of halogens is 1. The summed E-state index contributed by atoms with van der Waals surface area (Å²) < 4.78 is 0. The largest absolute Gasteiger partial charge is 0.294 e. The summed E-state index contributed by atoms with van der Waals surface area (Å²) >= 11 is 6.00. The molecule has 0 amide bonds. The molecule has 0 aliphatic heterocycles. The van der Waals surface area contributed by atoms with E-state index in [1.54, 1.807) is 42.6 Å². The Labute approximate surface area is 124 Å². The van der Waals surface area contributed by atoms with E-state index in [4.69, 9.17) is 11.6 Å². The molecule has 0 atom stereocenters. The summed E-state index contributed by atoms with van der Waals surface area (Å²) in [6, 6.07) is 12.4. The number of benzene rings is 1. The Kier molecular flexibility index (Phi) is 3.61. The first-order valence-electron chi connectivity index (χ1n) is 6.14. The van der Waals surface area contributed by atoms with Gasteiger partial charge < -0.3 is 0 Å². The number of H-pyrrole nitrogens is 2. The lowest BCUT2D eigenvalue weighted by molar-refractivity contribution is 1.05. The minimum absolute atomic E-state index is 0.161. The second-order valence-electron chi connectivity index (χ2n) is 4.17. The fourth-order valence-corrected chi connectivity index (χ4v) is 1.95. The van der Waals surface area contributed by atoms with Crippen molar-refractivity contribution in [3.05, 3.63) is 64.0 Å². The van der Waals surface area contributed by atoms with Crippen molar-refractivity contribution in [3.8, 4) is 11.4 Å². The molecule has 7 heteroatoms. The van der Waals surface area contributed by atoms with Crippen molar-refractivity contribution < 1.29 is 0 Å². The highest BCUT2D eigenvalue weighted by molar-refractivity contribution is 6.32. The van der Waals surface area contributed by atoms with Gasteiger partial charge in [0.25, 0.3) is 5.56 Å². The van der Waals surface area contributed by atoms with Crippen LogP contribution in [0.5, 0.6) is 0 Å². The van der Waals surface area contributed by atoms with E-state index in [2.05, 4.69) is 25.4 Å². The number of aromatic nitrogens is 3. The van der Waals surface area contributed by atoms with Crippen molar-refractivity contribution in [3.63, 3.8) is 0 Å². The molecule has 0 saturated heterocycles. The van der Waals surface area contributed by atoms with Gasteiger partial charge in [-0.15, -0.1) is 10.2 Å². The number of azo groups is 1. The number of nitrogens with one attached hydrogen (secondary N) is 2. The standard InChI is InChI=1S/C14H10ClN5O/c15-9-5-1-2-6-10(9)17-19-13-12(18-20-14(13)21)11-7-3-4-8-16-11/h1-8H,(H2,18,20,21). The summed E-state index contributed by atoms with van der Waals surface area (Å²) in [5.74, 6) is 0. The molecule has 0 fully saturated rings. The molecule has 2 aromatic heterocycles. The monoisotopic (exact) mass is 299 g/mol. The predicted molar refractivity (Wildman–Crippen MR) is 80.3 cm³/mol. The molecule has 0 bridgehead atoms. The molecule has 6 nitrogen and oxygen atoms in total. The number of pyridine rings is 1. The average molecular weight is 300 g/mol. The van der Waals surface area contributed by atoms with Gasteiger partial charge in [-0.2, -0.15) is 0 Å². The number of hydrogen-bond donors (Lipinski definition) is 2. The summed E-state index contributed by atoms with van der Waals surface area (Å²) in [6.07, 6.45) is 1.63. The van der Waals surface area contributed by atoms with E-state index in [0.717, 1.165) is 0 Å². The van der Waals surface area contributed by atoms with Gasteiger partial charge in [-0.05, 0) is 24.3 Å². The molecule has 3 rings (SSSR count). The second kappa shape index (κ2) is 5.72. The minimum atomic E-state index is -0.369. The van der Waals surface area contributed by atoms with E-state index in [1.165, 1.54) is 0 Å². The first-order chi connectivity index (χ1) is 10.3. The maximum absolute atomic E-state index is 11.8. The van der Waals surface area contributed by atoms with E-state index in [1.807, 2.05) is 6.07 Å². The van der Waals surface area contributed by atoms with E-state index >= 15 is 0 Å². The Morgan fingerprint density at radius 2 is 1.81 bits per heavy atom. The SMILES string of the molecule is O=c1[nH][nH]c(-c2ccccn2)c1N=Nc1ccccc1Cl. The predicted octanol–water partition coefficient (Wildman–Crippen LogP) is 3.83. The first-order valence-corrected chi connectivity index (χ1v) is 6.52. The lowest BCUT2D eigenvalue weighted by atomic mass is 10.2. The van der Waals surface area contributed by atoms with Crippen molar-refractivity contribution in [2.45, 2.75) is 0 Å². The fraction of sp³-hybridized carbons (Fsp3) is 0. The van der Waals surface area contributed by atoms with Gasteiger partial charge in [-0.25, -0.2) is 0 Å². The quantitative estimate of drug-likeness (QED) is 0.720. The van der Waals surface area contributed by atoms with Crippen LogP contribution in [0.4, 0.5) is 11.4 Å². The smallest absolute Gasteiger partial charge is 0.292 e. The average Bonchev–Trinajstić information content (AvgIpc) is 2.88. The van der Waals surface area contributed by atoms with Gasteiger partial charge in [0.15, 0.2) is 5.69 Å². The normalized spacial score (nSPS) is 11.1. The highest BCUT2D eigenvalue weighted by atomic mass is 35.5. The lowest BCUT2D eigenvalue weighted by Crippen LogP contribution is -1.96. The van der Waals surface area contributed by atoms with Crippen LogP contribution in [-0.4, -0.2) is 15.2 Å². The highest BCUT2D eigenvalue weighted by Crippen LogP contribution is 2.28. The Balaban J connectivity index is 2.02. The third-order valence-corrected chi connectivity index (χ3v) is 3.10. The Bertz CT molecular complexity index is 838. The third-order valence-electron chi connectivity index (χ3n) is 2.78. The minimum Gasteiger partial charge on any atom is -0.294 e.